The number of piperidine rings is 1. The fraction of sp³-hybridized carbons (Fsp3) is 0.350. The summed E-state index contributed by atoms with van der Waals surface area (Å²) in [6.07, 6.45) is 1.37. The first-order valence-corrected chi connectivity index (χ1v) is 10.3. The Kier molecular flexibility index (Phi) is 5.74. The van der Waals surface area contributed by atoms with E-state index in [9.17, 15) is 13.2 Å². The van der Waals surface area contributed by atoms with Gasteiger partial charge in [-0.15, -0.1) is 0 Å². The lowest BCUT2D eigenvalue weighted by atomic mass is 9.90. The maximum Gasteiger partial charge on any atom is 0.218 e. The number of ketones is 1. The van der Waals surface area contributed by atoms with Crippen molar-refractivity contribution in [2.75, 3.05) is 20.2 Å². The summed E-state index contributed by atoms with van der Waals surface area (Å²) >= 11 is 0. The Bertz CT molecular complexity index is 864. The number of rotatable bonds is 6. The fourth-order valence-electron chi connectivity index (χ4n) is 3.35. The van der Waals surface area contributed by atoms with E-state index in [1.54, 1.807) is 30.3 Å². The summed E-state index contributed by atoms with van der Waals surface area (Å²) in [5.74, 6) is 0.0954. The van der Waals surface area contributed by atoms with Gasteiger partial charge in [0.1, 0.15) is 5.75 Å². The molecule has 0 spiro atoms. The molecule has 3 rings (SSSR count). The van der Waals surface area contributed by atoms with E-state index >= 15 is 0 Å². The van der Waals surface area contributed by atoms with Crippen molar-refractivity contribution in [3.05, 3.63) is 65.7 Å². The lowest BCUT2D eigenvalue weighted by molar-refractivity contribution is 0.0869. The Balaban J connectivity index is 1.75. The number of para-hydroxylation sites is 1. The number of ether oxygens (including phenoxy) is 1. The molecule has 0 N–H and O–H groups in total. The predicted molar refractivity (Wildman–Crippen MR) is 101 cm³/mol. The van der Waals surface area contributed by atoms with E-state index in [4.69, 9.17) is 4.74 Å². The molecule has 5 nitrogen and oxygen atoms in total. The van der Waals surface area contributed by atoms with Crippen molar-refractivity contribution in [3.63, 3.8) is 0 Å². The smallest absolute Gasteiger partial charge is 0.218 e. The zero-order valence-electron chi connectivity index (χ0n) is 14.8. The molecule has 1 aliphatic heterocycles. The number of nitrogens with zero attached hydrogens (tertiary/aromatic N) is 1. The molecule has 1 heterocycles. The minimum Gasteiger partial charge on any atom is -0.496 e. The van der Waals surface area contributed by atoms with Gasteiger partial charge in [0.15, 0.2) is 5.78 Å². The molecule has 2 aromatic rings. The molecule has 1 aliphatic rings. The number of carbonyl (C=O) groups is 1. The van der Waals surface area contributed by atoms with Gasteiger partial charge in [-0.05, 0) is 30.5 Å². The first-order valence-electron chi connectivity index (χ1n) is 8.70. The standard InChI is InChI=1S/C20H23NO4S/c1-25-19-12-6-5-11-18(19)20(22)17-10-7-13-21(14-17)26(23,24)15-16-8-3-2-4-9-16/h2-6,8-9,11-12,17H,7,10,13-15H2,1H3/t17-/m0/s1. The summed E-state index contributed by atoms with van der Waals surface area (Å²) < 4.78 is 32.3. The SMILES string of the molecule is COc1ccccc1C(=O)[C@H]1CCCN(S(=O)(=O)Cc2ccccc2)C1. The van der Waals surface area contributed by atoms with Crippen LogP contribution >= 0.6 is 0 Å². The molecule has 0 saturated carbocycles. The minimum atomic E-state index is -3.45. The molecule has 138 valence electrons. The minimum absolute atomic E-state index is 0.0383. The third kappa shape index (κ3) is 4.14. The van der Waals surface area contributed by atoms with Crippen molar-refractivity contribution in [1.29, 1.82) is 0 Å². The molecule has 1 atom stereocenters. The largest absolute Gasteiger partial charge is 0.496 e. The van der Waals surface area contributed by atoms with Gasteiger partial charge in [0.05, 0.1) is 18.4 Å². The van der Waals surface area contributed by atoms with E-state index in [2.05, 4.69) is 0 Å². The van der Waals surface area contributed by atoms with Crippen LogP contribution in [0.5, 0.6) is 5.75 Å². The maximum atomic E-state index is 12.9. The zero-order valence-corrected chi connectivity index (χ0v) is 15.6. The Morgan fingerprint density at radius 3 is 2.54 bits per heavy atom. The van der Waals surface area contributed by atoms with E-state index in [0.29, 0.717) is 30.7 Å². The van der Waals surface area contributed by atoms with Crippen LogP contribution in [0.1, 0.15) is 28.8 Å². The van der Waals surface area contributed by atoms with Crippen LogP contribution in [-0.4, -0.2) is 38.7 Å². The van der Waals surface area contributed by atoms with Gasteiger partial charge in [0, 0.05) is 19.0 Å². The van der Waals surface area contributed by atoms with E-state index in [-0.39, 0.29) is 24.0 Å². The van der Waals surface area contributed by atoms with Gasteiger partial charge >= 0.3 is 0 Å². The van der Waals surface area contributed by atoms with Crippen LogP contribution in [0, 0.1) is 5.92 Å². The van der Waals surface area contributed by atoms with Crippen LogP contribution in [0.2, 0.25) is 0 Å². The van der Waals surface area contributed by atoms with E-state index in [1.807, 2.05) is 24.3 Å². The second kappa shape index (κ2) is 8.01. The highest BCUT2D eigenvalue weighted by atomic mass is 32.2. The first-order chi connectivity index (χ1) is 12.5. The number of hydrogen-bond acceptors (Lipinski definition) is 4. The van der Waals surface area contributed by atoms with Gasteiger partial charge in [-0.3, -0.25) is 4.79 Å². The molecular formula is C20H23NO4S. The molecule has 0 radical (unpaired) electrons. The number of Topliss-reactive ketones (excluding diaryl/α,β-unsaturated/α-hetero) is 1. The van der Waals surface area contributed by atoms with Crippen molar-refractivity contribution in [1.82, 2.24) is 4.31 Å². The van der Waals surface area contributed by atoms with Crippen molar-refractivity contribution >= 4 is 15.8 Å². The van der Waals surface area contributed by atoms with E-state index < -0.39 is 10.0 Å². The highest BCUT2D eigenvalue weighted by Crippen LogP contribution is 2.27. The normalized spacial score (nSPS) is 18.4. The molecule has 0 aromatic heterocycles. The summed E-state index contributed by atoms with van der Waals surface area (Å²) in [7, 11) is -1.92. The Morgan fingerprint density at radius 2 is 1.81 bits per heavy atom. The highest BCUT2D eigenvalue weighted by molar-refractivity contribution is 7.88. The van der Waals surface area contributed by atoms with Crippen molar-refractivity contribution < 1.29 is 17.9 Å². The third-order valence-corrected chi connectivity index (χ3v) is 6.53. The van der Waals surface area contributed by atoms with Gasteiger partial charge in [-0.25, -0.2) is 12.7 Å². The molecule has 26 heavy (non-hydrogen) atoms. The number of carbonyl (C=O) groups excluding carboxylic acids is 1. The molecule has 0 amide bonds. The molecule has 0 bridgehead atoms. The van der Waals surface area contributed by atoms with Gasteiger partial charge in [0.25, 0.3) is 0 Å². The van der Waals surface area contributed by atoms with Gasteiger partial charge < -0.3 is 4.74 Å². The summed E-state index contributed by atoms with van der Waals surface area (Å²) in [6.45, 7) is 0.691. The van der Waals surface area contributed by atoms with Crippen LogP contribution in [0.3, 0.4) is 0 Å². The first kappa shape index (κ1) is 18.6. The predicted octanol–water partition coefficient (Wildman–Crippen LogP) is 3.12. The summed E-state index contributed by atoms with van der Waals surface area (Å²) in [5.41, 5.74) is 1.27. The number of methoxy groups -OCH3 is 1. The second-order valence-electron chi connectivity index (χ2n) is 6.50. The second-order valence-corrected chi connectivity index (χ2v) is 8.47. The number of sulfonamides is 1. The Morgan fingerprint density at radius 1 is 1.12 bits per heavy atom. The molecule has 1 fully saturated rings. The van der Waals surface area contributed by atoms with Crippen molar-refractivity contribution in [2.24, 2.45) is 5.92 Å². The summed E-state index contributed by atoms with van der Waals surface area (Å²) in [5, 5.41) is 0. The van der Waals surface area contributed by atoms with Crippen molar-refractivity contribution in [2.45, 2.75) is 18.6 Å². The Hall–Kier alpha value is -2.18. The molecule has 0 aliphatic carbocycles. The number of hydrogen-bond donors (Lipinski definition) is 0. The molecule has 2 aromatic carbocycles. The zero-order chi connectivity index (χ0) is 18.6. The molecule has 6 heteroatoms. The fourth-order valence-corrected chi connectivity index (χ4v) is 4.96. The topological polar surface area (TPSA) is 63.7 Å². The lowest BCUT2D eigenvalue weighted by Crippen LogP contribution is -2.42. The Labute approximate surface area is 154 Å². The van der Waals surface area contributed by atoms with E-state index in [0.717, 1.165) is 5.56 Å². The van der Waals surface area contributed by atoms with Gasteiger partial charge in [0.2, 0.25) is 10.0 Å². The molecule has 0 unspecified atom stereocenters. The van der Waals surface area contributed by atoms with Crippen LogP contribution in [0.4, 0.5) is 0 Å². The third-order valence-electron chi connectivity index (χ3n) is 4.71. The van der Waals surface area contributed by atoms with Gasteiger partial charge in [-0.2, -0.15) is 0 Å². The maximum absolute atomic E-state index is 12.9. The van der Waals surface area contributed by atoms with Crippen LogP contribution in [-0.2, 0) is 15.8 Å². The van der Waals surface area contributed by atoms with Gasteiger partial charge in [-0.1, -0.05) is 42.5 Å². The highest BCUT2D eigenvalue weighted by Gasteiger charge is 2.33. The van der Waals surface area contributed by atoms with Crippen LogP contribution in [0.25, 0.3) is 0 Å². The number of benzene rings is 2. The average molecular weight is 373 g/mol. The van der Waals surface area contributed by atoms with E-state index in [1.165, 1.54) is 11.4 Å². The summed E-state index contributed by atoms with van der Waals surface area (Å²) in [4.78, 5) is 12.9. The summed E-state index contributed by atoms with van der Waals surface area (Å²) in [6, 6.07) is 16.2. The van der Waals surface area contributed by atoms with Crippen molar-refractivity contribution in [3.8, 4) is 5.75 Å². The molecular weight excluding hydrogens is 350 g/mol. The lowest BCUT2D eigenvalue weighted by Gasteiger charge is -2.31. The quantitative estimate of drug-likeness (QED) is 0.730. The van der Waals surface area contributed by atoms with Crippen LogP contribution < -0.4 is 4.74 Å². The monoisotopic (exact) mass is 373 g/mol. The molecule has 1 saturated heterocycles. The van der Waals surface area contributed by atoms with Crippen LogP contribution in [0.15, 0.2) is 54.6 Å². The average Bonchev–Trinajstić information content (AvgIpc) is 2.68.